The number of hydrogen-bond acceptors (Lipinski definition) is 3. The van der Waals surface area contributed by atoms with Crippen LogP contribution in [-0.2, 0) is 16.1 Å². The molecule has 2 saturated carbocycles. The van der Waals surface area contributed by atoms with E-state index in [1.165, 1.54) is 6.42 Å². The number of hydrogen-bond donors (Lipinski definition) is 2. The first-order chi connectivity index (χ1) is 11.7. The van der Waals surface area contributed by atoms with Crippen molar-refractivity contribution in [3.05, 3.63) is 29.8 Å². The van der Waals surface area contributed by atoms with Crippen LogP contribution in [0.2, 0.25) is 0 Å². The van der Waals surface area contributed by atoms with Crippen molar-refractivity contribution in [1.82, 2.24) is 10.6 Å². The van der Waals surface area contributed by atoms with Crippen molar-refractivity contribution in [3.63, 3.8) is 0 Å². The van der Waals surface area contributed by atoms with Crippen LogP contribution in [0.1, 0.15) is 50.5 Å². The minimum atomic E-state index is -0.848. The Balaban J connectivity index is 1.56. The number of ether oxygens (including phenoxy) is 1. The Morgan fingerprint density at radius 3 is 2.50 bits per heavy atom. The molecule has 0 atom stereocenters. The van der Waals surface area contributed by atoms with Gasteiger partial charge in [0.1, 0.15) is 11.2 Å². The molecular formula is C19H26N2O3. The topological polar surface area (TPSA) is 67.4 Å². The summed E-state index contributed by atoms with van der Waals surface area (Å²) in [6.07, 6.45) is 6.93. The monoisotopic (exact) mass is 330 g/mol. The average Bonchev–Trinajstić information content (AvgIpc) is 3.43. The zero-order valence-electron chi connectivity index (χ0n) is 14.3. The van der Waals surface area contributed by atoms with Crippen LogP contribution in [0.5, 0.6) is 5.75 Å². The number of para-hydroxylation sites is 1. The molecule has 0 spiro atoms. The maximum atomic E-state index is 12.6. The maximum absolute atomic E-state index is 12.6. The molecule has 2 N–H and O–H groups in total. The molecule has 2 aliphatic rings. The molecule has 0 saturated heterocycles. The molecule has 0 radical (unpaired) electrons. The van der Waals surface area contributed by atoms with Crippen molar-refractivity contribution in [2.45, 2.75) is 57.5 Å². The molecular weight excluding hydrogens is 304 g/mol. The summed E-state index contributed by atoms with van der Waals surface area (Å²) >= 11 is 0. The van der Waals surface area contributed by atoms with Crippen LogP contribution in [0.3, 0.4) is 0 Å². The maximum Gasteiger partial charge on any atom is 0.235 e. The van der Waals surface area contributed by atoms with E-state index in [0.29, 0.717) is 19.4 Å². The Bertz CT molecular complexity index is 604. The van der Waals surface area contributed by atoms with Gasteiger partial charge in [-0.05, 0) is 31.7 Å². The lowest BCUT2D eigenvalue weighted by molar-refractivity contribution is -0.137. The van der Waals surface area contributed by atoms with Gasteiger partial charge in [-0.1, -0.05) is 37.5 Å². The molecule has 0 aliphatic heterocycles. The van der Waals surface area contributed by atoms with E-state index in [1.807, 2.05) is 24.3 Å². The van der Waals surface area contributed by atoms with E-state index in [9.17, 15) is 9.59 Å². The lowest BCUT2D eigenvalue weighted by Gasteiger charge is -2.25. The summed E-state index contributed by atoms with van der Waals surface area (Å²) in [6.45, 7) is 0.376. The lowest BCUT2D eigenvalue weighted by atomic mass is 9.94. The summed E-state index contributed by atoms with van der Waals surface area (Å²) in [5, 5.41) is 6.01. The third-order valence-corrected chi connectivity index (χ3v) is 5.19. The first kappa shape index (κ1) is 16.8. The molecule has 24 heavy (non-hydrogen) atoms. The second-order valence-electron chi connectivity index (χ2n) is 6.89. The van der Waals surface area contributed by atoms with E-state index in [0.717, 1.165) is 37.0 Å². The smallest absolute Gasteiger partial charge is 0.235 e. The minimum absolute atomic E-state index is 0.0908. The van der Waals surface area contributed by atoms with Gasteiger partial charge >= 0.3 is 0 Å². The van der Waals surface area contributed by atoms with Crippen LogP contribution in [0.15, 0.2) is 24.3 Å². The summed E-state index contributed by atoms with van der Waals surface area (Å²) in [5.41, 5.74) is 0.0660. The molecule has 5 nitrogen and oxygen atoms in total. The van der Waals surface area contributed by atoms with E-state index >= 15 is 0 Å². The highest BCUT2D eigenvalue weighted by Crippen LogP contribution is 2.46. The number of carbonyl (C=O) groups excluding carboxylic acids is 2. The standard InChI is InChI=1S/C19H26N2O3/c1-24-16-10-6-5-7-14(16)13-20-17(22)19(11-12-19)18(23)21-15-8-3-2-4-9-15/h5-7,10,15H,2-4,8-9,11-13H2,1H3,(H,20,22)(H,21,23). The van der Waals surface area contributed by atoms with Crippen LogP contribution in [0, 0.1) is 5.41 Å². The zero-order chi connectivity index (χ0) is 17.0. The number of methoxy groups -OCH3 is 1. The van der Waals surface area contributed by atoms with E-state index in [-0.39, 0.29) is 17.9 Å². The summed E-state index contributed by atoms with van der Waals surface area (Å²) < 4.78 is 5.30. The molecule has 2 aliphatic carbocycles. The molecule has 0 aromatic heterocycles. The summed E-state index contributed by atoms with van der Waals surface area (Å²) in [4.78, 5) is 25.1. The minimum Gasteiger partial charge on any atom is -0.496 e. The predicted molar refractivity (Wildman–Crippen MR) is 91.5 cm³/mol. The van der Waals surface area contributed by atoms with E-state index < -0.39 is 5.41 Å². The highest BCUT2D eigenvalue weighted by Gasteiger charge is 2.56. The highest BCUT2D eigenvalue weighted by molar-refractivity contribution is 6.07. The quantitative estimate of drug-likeness (QED) is 0.788. The normalized spacial score (nSPS) is 19.4. The fourth-order valence-corrected chi connectivity index (χ4v) is 3.45. The van der Waals surface area contributed by atoms with Gasteiger partial charge in [0.15, 0.2) is 0 Å². The Morgan fingerprint density at radius 2 is 1.83 bits per heavy atom. The summed E-state index contributed by atoms with van der Waals surface area (Å²) in [5.74, 6) is 0.489. The average molecular weight is 330 g/mol. The van der Waals surface area contributed by atoms with Crippen LogP contribution in [0.4, 0.5) is 0 Å². The molecule has 1 aromatic carbocycles. The first-order valence-electron chi connectivity index (χ1n) is 8.87. The van der Waals surface area contributed by atoms with E-state index in [4.69, 9.17) is 4.74 Å². The van der Waals surface area contributed by atoms with Crippen LogP contribution >= 0.6 is 0 Å². The zero-order valence-corrected chi connectivity index (χ0v) is 14.3. The van der Waals surface area contributed by atoms with Crippen LogP contribution < -0.4 is 15.4 Å². The molecule has 0 unspecified atom stereocenters. The van der Waals surface area contributed by atoms with Gasteiger partial charge < -0.3 is 15.4 Å². The fourth-order valence-electron chi connectivity index (χ4n) is 3.45. The molecule has 0 bridgehead atoms. The highest BCUT2D eigenvalue weighted by atomic mass is 16.5. The van der Waals surface area contributed by atoms with Gasteiger partial charge in [0, 0.05) is 18.2 Å². The van der Waals surface area contributed by atoms with Crippen molar-refractivity contribution in [2.24, 2.45) is 5.41 Å². The second-order valence-corrected chi connectivity index (χ2v) is 6.89. The second kappa shape index (κ2) is 7.24. The molecule has 130 valence electrons. The van der Waals surface area contributed by atoms with E-state index in [1.54, 1.807) is 7.11 Å². The van der Waals surface area contributed by atoms with Gasteiger partial charge in [0.05, 0.1) is 7.11 Å². The molecule has 0 heterocycles. The molecule has 2 amide bonds. The van der Waals surface area contributed by atoms with Crippen LogP contribution in [0.25, 0.3) is 0 Å². The summed E-state index contributed by atoms with van der Waals surface area (Å²) in [7, 11) is 1.61. The molecule has 1 aromatic rings. The SMILES string of the molecule is COc1ccccc1CNC(=O)C1(C(=O)NC2CCCCC2)CC1. The summed E-state index contributed by atoms with van der Waals surface area (Å²) in [6, 6.07) is 7.83. The molecule has 3 rings (SSSR count). The van der Waals surface area contributed by atoms with Gasteiger partial charge in [0.25, 0.3) is 0 Å². The van der Waals surface area contributed by atoms with Crippen molar-refractivity contribution in [3.8, 4) is 5.75 Å². The number of nitrogens with one attached hydrogen (secondary N) is 2. The predicted octanol–water partition coefficient (Wildman–Crippen LogP) is 2.54. The Morgan fingerprint density at radius 1 is 1.12 bits per heavy atom. The van der Waals surface area contributed by atoms with E-state index in [2.05, 4.69) is 10.6 Å². The Hall–Kier alpha value is -2.04. The first-order valence-corrected chi connectivity index (χ1v) is 8.87. The number of amides is 2. The number of rotatable bonds is 6. The third-order valence-electron chi connectivity index (χ3n) is 5.19. The fraction of sp³-hybridized carbons (Fsp3) is 0.579. The molecule has 2 fully saturated rings. The van der Waals surface area contributed by atoms with Crippen molar-refractivity contribution in [1.29, 1.82) is 0 Å². The molecule has 5 heteroatoms. The number of benzene rings is 1. The third kappa shape index (κ3) is 3.55. The van der Waals surface area contributed by atoms with Crippen molar-refractivity contribution < 1.29 is 14.3 Å². The van der Waals surface area contributed by atoms with Gasteiger partial charge in [-0.3, -0.25) is 9.59 Å². The Kier molecular flexibility index (Phi) is 5.07. The van der Waals surface area contributed by atoms with Crippen LogP contribution in [-0.4, -0.2) is 25.0 Å². The van der Waals surface area contributed by atoms with Crippen molar-refractivity contribution in [2.75, 3.05) is 7.11 Å². The number of carbonyl (C=O) groups is 2. The van der Waals surface area contributed by atoms with Gasteiger partial charge in [-0.25, -0.2) is 0 Å². The Labute approximate surface area is 143 Å². The largest absolute Gasteiger partial charge is 0.496 e. The van der Waals surface area contributed by atoms with Gasteiger partial charge in [0.2, 0.25) is 11.8 Å². The van der Waals surface area contributed by atoms with Gasteiger partial charge in [-0.2, -0.15) is 0 Å². The lowest BCUT2D eigenvalue weighted by Crippen LogP contribution is -2.46. The van der Waals surface area contributed by atoms with Crippen molar-refractivity contribution >= 4 is 11.8 Å². The van der Waals surface area contributed by atoms with Gasteiger partial charge in [-0.15, -0.1) is 0 Å².